The van der Waals surface area contributed by atoms with Crippen molar-refractivity contribution in [2.75, 3.05) is 40.9 Å². The van der Waals surface area contributed by atoms with Gasteiger partial charge in [0.15, 0.2) is 0 Å². The Morgan fingerprint density at radius 3 is 1.18 bits per heavy atom. The summed E-state index contributed by atoms with van der Waals surface area (Å²) in [5.41, 5.74) is 0. The lowest BCUT2D eigenvalue weighted by atomic mass is 10.1. The molecule has 0 rings (SSSR count). The summed E-state index contributed by atoms with van der Waals surface area (Å²) in [7, 11) is 1.15. The van der Waals surface area contributed by atoms with Gasteiger partial charge in [0.2, 0.25) is 5.91 Å². The standard InChI is InChI=1S/C73H127N2O7P/c1-7-10-13-16-19-22-25-27-29-31-33-35-37-39-41-43-45-47-50-53-56-59-62-65-72(76)74-70(69-81-83(78,79)80-68-67-75(4,5)6)71(64-61-58-55-52-49-24-21-18-15-12-9-3)82-73(77)66-63-60-57-54-51-48-46-44-42-40-38-36-34-32-30-28-26-23-20-17-14-11-8-2/h10,13,19-20,22-23,27-30,33-36,39-42,61,64,70-71H,7-9,11-12,14-18,21,24-26,31-32,37-38,43-60,62-63,65-69H2,1-6H3,(H-,74,76,78,79)/b13-10-,22-19-,23-20-,29-27-,30-28-,35-33-,36-34-,41-39-,42-40-,64-61+. The number of unbranched alkanes of at least 4 members (excludes halogenated alkanes) is 26. The van der Waals surface area contributed by atoms with Gasteiger partial charge in [-0.25, -0.2) is 0 Å². The van der Waals surface area contributed by atoms with Crippen molar-refractivity contribution < 1.29 is 37.3 Å². The van der Waals surface area contributed by atoms with Crippen LogP contribution in [0.4, 0.5) is 0 Å². The van der Waals surface area contributed by atoms with Gasteiger partial charge < -0.3 is 28.5 Å². The maximum absolute atomic E-state index is 13.6. The van der Waals surface area contributed by atoms with E-state index >= 15 is 0 Å². The fourth-order valence-electron chi connectivity index (χ4n) is 9.18. The Hall–Kier alpha value is -3.59. The molecule has 0 heterocycles. The summed E-state index contributed by atoms with van der Waals surface area (Å²) in [6.45, 7) is 6.68. The van der Waals surface area contributed by atoms with Crippen molar-refractivity contribution in [1.82, 2.24) is 5.32 Å². The van der Waals surface area contributed by atoms with E-state index in [-0.39, 0.29) is 24.9 Å². The Kier molecular flexibility index (Phi) is 58.8. The number of esters is 1. The summed E-state index contributed by atoms with van der Waals surface area (Å²) >= 11 is 0. The lowest BCUT2D eigenvalue weighted by molar-refractivity contribution is -0.870. The van der Waals surface area contributed by atoms with Gasteiger partial charge in [-0.15, -0.1) is 0 Å². The highest BCUT2D eigenvalue weighted by Gasteiger charge is 2.27. The zero-order chi connectivity index (χ0) is 60.7. The van der Waals surface area contributed by atoms with E-state index in [9.17, 15) is 19.0 Å². The third-order valence-corrected chi connectivity index (χ3v) is 15.3. The maximum atomic E-state index is 13.6. The number of rotatable bonds is 60. The molecule has 0 radical (unpaired) electrons. The lowest BCUT2D eigenvalue weighted by Gasteiger charge is -2.30. The second-order valence-corrected chi connectivity index (χ2v) is 25.0. The number of ether oxygens (including phenoxy) is 1. The number of hydrogen-bond donors (Lipinski definition) is 1. The number of phosphoric ester groups is 1. The fourth-order valence-corrected chi connectivity index (χ4v) is 9.90. The number of amides is 1. The highest BCUT2D eigenvalue weighted by atomic mass is 31.2. The van der Waals surface area contributed by atoms with Gasteiger partial charge in [-0.05, 0) is 122 Å². The van der Waals surface area contributed by atoms with Crippen LogP contribution in [-0.2, 0) is 27.9 Å². The highest BCUT2D eigenvalue weighted by Crippen LogP contribution is 2.38. The minimum Gasteiger partial charge on any atom is -0.756 e. The zero-order valence-corrected chi connectivity index (χ0v) is 55.3. The van der Waals surface area contributed by atoms with Crippen LogP contribution in [0.3, 0.4) is 0 Å². The molecule has 0 aromatic heterocycles. The summed E-state index contributed by atoms with van der Waals surface area (Å²) < 4.78 is 30.4. The molecule has 3 atom stereocenters. The molecular formula is C73H127N2O7P. The first-order valence-electron chi connectivity index (χ1n) is 33.8. The molecule has 0 bridgehead atoms. The molecule has 0 aromatic rings. The van der Waals surface area contributed by atoms with Crippen LogP contribution in [0.25, 0.3) is 0 Å². The molecule has 0 aliphatic carbocycles. The van der Waals surface area contributed by atoms with E-state index in [2.05, 4.69) is 135 Å². The molecule has 0 saturated carbocycles. The number of nitrogens with one attached hydrogen (secondary N) is 1. The minimum absolute atomic E-state index is 0.0330. The number of likely N-dealkylation sites (N-methyl/N-ethyl adjacent to an activating group) is 1. The number of nitrogens with zero attached hydrogens (tertiary/aromatic N) is 1. The summed E-state index contributed by atoms with van der Waals surface area (Å²) in [6, 6.07) is -0.908. The van der Waals surface area contributed by atoms with Gasteiger partial charge in [0, 0.05) is 12.8 Å². The largest absolute Gasteiger partial charge is 0.756 e. The summed E-state index contributed by atoms with van der Waals surface area (Å²) in [5, 5.41) is 3.03. The second kappa shape index (κ2) is 61.5. The first kappa shape index (κ1) is 79.4. The maximum Gasteiger partial charge on any atom is 0.306 e. The van der Waals surface area contributed by atoms with Crippen LogP contribution in [-0.4, -0.2) is 69.4 Å². The van der Waals surface area contributed by atoms with Crippen LogP contribution in [0.2, 0.25) is 0 Å². The molecule has 0 aliphatic rings. The van der Waals surface area contributed by atoms with Gasteiger partial charge in [-0.2, -0.15) is 0 Å². The van der Waals surface area contributed by atoms with Gasteiger partial charge in [-0.3, -0.25) is 14.2 Å². The Bertz CT molecular complexity index is 1830. The molecule has 1 N–H and O–H groups in total. The average Bonchev–Trinajstić information content (AvgIpc) is 3.51. The summed E-state index contributed by atoms with van der Waals surface area (Å²) in [6.07, 6.45) is 85.9. The number of carbonyl (C=O) groups excluding carboxylic acids is 2. The van der Waals surface area contributed by atoms with E-state index in [1.807, 2.05) is 33.3 Å². The minimum atomic E-state index is -4.72. The second-order valence-electron chi connectivity index (χ2n) is 23.6. The average molecular weight is 1180 g/mol. The van der Waals surface area contributed by atoms with Crippen molar-refractivity contribution in [2.24, 2.45) is 0 Å². The molecule has 0 saturated heterocycles. The lowest BCUT2D eigenvalue weighted by Crippen LogP contribution is -2.47. The number of hydrogen-bond acceptors (Lipinski definition) is 7. The van der Waals surface area contributed by atoms with Gasteiger partial charge in [0.25, 0.3) is 7.82 Å². The smallest absolute Gasteiger partial charge is 0.306 e. The van der Waals surface area contributed by atoms with E-state index < -0.39 is 26.6 Å². The molecule has 83 heavy (non-hydrogen) atoms. The number of phosphoric acid groups is 1. The van der Waals surface area contributed by atoms with E-state index in [4.69, 9.17) is 13.8 Å². The Labute approximate surface area is 512 Å². The fraction of sp³-hybridized carbons (Fsp3) is 0.699. The SMILES string of the molecule is CC/C=C\C/C=C\C/C=C\C/C=C\C/C=C\CCCCCCCCCC(=O)NC(COP(=O)([O-])OCC[N+](C)(C)C)C(/C=C/CCCCCCCCCCC)OC(=O)CCCCCCCCC/C=C\C/C=C\C/C=C\C/C=C\CCCCC. The van der Waals surface area contributed by atoms with E-state index in [1.54, 1.807) is 0 Å². The quantitative estimate of drug-likeness (QED) is 0.0212. The Balaban J connectivity index is 5.16. The van der Waals surface area contributed by atoms with Gasteiger partial charge >= 0.3 is 5.97 Å². The first-order valence-corrected chi connectivity index (χ1v) is 35.3. The molecule has 1 amide bonds. The van der Waals surface area contributed by atoms with E-state index in [0.717, 1.165) is 128 Å². The van der Waals surface area contributed by atoms with Crippen LogP contribution in [0.15, 0.2) is 122 Å². The van der Waals surface area contributed by atoms with Crippen molar-refractivity contribution in [2.45, 2.75) is 290 Å². The van der Waals surface area contributed by atoms with Crippen LogP contribution in [0, 0.1) is 0 Å². The molecule has 3 unspecified atom stereocenters. The molecule has 0 aromatic carbocycles. The molecule has 0 aliphatic heterocycles. The van der Waals surface area contributed by atoms with E-state index in [1.165, 1.54) is 109 Å². The summed E-state index contributed by atoms with van der Waals surface area (Å²) in [4.78, 5) is 40.1. The third kappa shape index (κ3) is 62.8. The van der Waals surface area contributed by atoms with Gasteiger partial charge in [0.05, 0.1) is 33.8 Å². The number of quaternary nitrogens is 1. The molecule has 9 nitrogen and oxygen atoms in total. The molecule has 0 fully saturated rings. The monoisotopic (exact) mass is 1170 g/mol. The molecule has 10 heteroatoms. The van der Waals surface area contributed by atoms with E-state index in [0.29, 0.717) is 23.9 Å². The van der Waals surface area contributed by atoms with Crippen LogP contribution < -0.4 is 10.2 Å². The number of allylic oxidation sites excluding steroid dienone is 19. The van der Waals surface area contributed by atoms with Gasteiger partial charge in [0.1, 0.15) is 19.3 Å². The van der Waals surface area contributed by atoms with Crippen LogP contribution >= 0.6 is 7.82 Å². The molecular weight excluding hydrogens is 1050 g/mol. The topological polar surface area (TPSA) is 114 Å². The van der Waals surface area contributed by atoms with Crippen molar-refractivity contribution in [3.05, 3.63) is 122 Å². The highest BCUT2D eigenvalue weighted by molar-refractivity contribution is 7.45. The van der Waals surface area contributed by atoms with Crippen LogP contribution in [0.5, 0.6) is 0 Å². The Morgan fingerprint density at radius 2 is 0.771 bits per heavy atom. The molecule has 476 valence electrons. The first-order chi connectivity index (χ1) is 40.4. The molecule has 0 spiro atoms. The summed E-state index contributed by atoms with van der Waals surface area (Å²) in [5.74, 6) is -0.571. The van der Waals surface area contributed by atoms with Crippen molar-refractivity contribution >= 4 is 19.7 Å². The van der Waals surface area contributed by atoms with Crippen molar-refractivity contribution in [3.8, 4) is 0 Å². The normalized spacial score (nSPS) is 14.3. The predicted octanol–water partition coefficient (Wildman–Crippen LogP) is 20.8. The van der Waals surface area contributed by atoms with Crippen LogP contribution in [0.1, 0.15) is 278 Å². The third-order valence-electron chi connectivity index (χ3n) is 14.4. The number of carbonyl (C=O) groups is 2. The van der Waals surface area contributed by atoms with Gasteiger partial charge in [-0.1, -0.05) is 265 Å². The predicted molar refractivity (Wildman–Crippen MR) is 357 cm³/mol. The van der Waals surface area contributed by atoms with Crippen molar-refractivity contribution in [3.63, 3.8) is 0 Å². The Morgan fingerprint density at radius 1 is 0.434 bits per heavy atom. The van der Waals surface area contributed by atoms with Crippen molar-refractivity contribution in [1.29, 1.82) is 0 Å². The zero-order valence-electron chi connectivity index (χ0n) is 54.4.